The highest BCUT2D eigenvalue weighted by atomic mass is 35.5. The fourth-order valence-corrected chi connectivity index (χ4v) is 2.50. The Kier molecular flexibility index (Phi) is 6.35. The highest BCUT2D eigenvalue weighted by Crippen LogP contribution is 2.31. The van der Waals surface area contributed by atoms with Crippen molar-refractivity contribution in [2.24, 2.45) is 0 Å². The number of nitro groups is 1. The van der Waals surface area contributed by atoms with E-state index in [4.69, 9.17) is 16.3 Å². The van der Waals surface area contributed by atoms with Crippen molar-refractivity contribution in [1.29, 1.82) is 0 Å². The Hall–Kier alpha value is -2.37. The molecule has 0 radical (unpaired) electrons. The van der Waals surface area contributed by atoms with Gasteiger partial charge >= 0.3 is 0 Å². The molecule has 0 spiro atoms. The third-order valence-corrected chi connectivity index (χ3v) is 3.88. The molecule has 0 amide bonds. The second-order valence-corrected chi connectivity index (χ2v) is 5.69. The van der Waals surface area contributed by atoms with Crippen LogP contribution in [0.1, 0.15) is 11.1 Å². The number of hydrogen-bond donors (Lipinski definition) is 0. The standard InChI is InChI=1S/C18H19ClN2O3/c1-3-14-6-9-17(18(12-14)21(22)23)20(10-11-24-2)13-15-4-7-16(19)8-5-15/h3-9,12H,1,10-11,13H2,2H3. The van der Waals surface area contributed by atoms with E-state index in [1.165, 1.54) is 6.07 Å². The molecule has 2 aromatic carbocycles. The molecule has 2 aromatic rings. The predicted octanol–water partition coefficient (Wildman–Crippen LogP) is 4.54. The van der Waals surface area contributed by atoms with E-state index in [1.54, 1.807) is 31.4 Å². The van der Waals surface area contributed by atoms with E-state index in [9.17, 15) is 10.1 Å². The summed E-state index contributed by atoms with van der Waals surface area (Å²) in [4.78, 5) is 13.0. The Balaban J connectivity index is 2.37. The SMILES string of the molecule is C=Cc1ccc(N(CCOC)Cc2ccc(Cl)cc2)c([N+](=O)[O-])c1. The fraction of sp³-hybridized carbons (Fsp3) is 0.222. The molecular weight excluding hydrogens is 328 g/mol. The third kappa shape index (κ3) is 4.57. The maximum absolute atomic E-state index is 11.5. The van der Waals surface area contributed by atoms with Crippen molar-refractivity contribution < 1.29 is 9.66 Å². The van der Waals surface area contributed by atoms with Crippen molar-refractivity contribution in [3.63, 3.8) is 0 Å². The maximum atomic E-state index is 11.5. The molecule has 0 atom stereocenters. The van der Waals surface area contributed by atoms with Crippen LogP contribution in [0, 0.1) is 10.1 Å². The first kappa shape index (κ1) is 18.0. The van der Waals surface area contributed by atoms with Crippen molar-refractivity contribution in [3.05, 3.63) is 75.3 Å². The first-order valence-corrected chi connectivity index (χ1v) is 7.82. The maximum Gasteiger partial charge on any atom is 0.293 e. The van der Waals surface area contributed by atoms with Crippen LogP contribution in [0.25, 0.3) is 6.08 Å². The summed E-state index contributed by atoms with van der Waals surface area (Å²) >= 11 is 5.92. The lowest BCUT2D eigenvalue weighted by molar-refractivity contribution is -0.384. The molecule has 0 unspecified atom stereocenters. The summed E-state index contributed by atoms with van der Waals surface area (Å²) in [5, 5.41) is 12.1. The molecule has 24 heavy (non-hydrogen) atoms. The highest BCUT2D eigenvalue weighted by Gasteiger charge is 2.20. The van der Waals surface area contributed by atoms with Gasteiger partial charge in [-0.2, -0.15) is 0 Å². The van der Waals surface area contributed by atoms with Crippen LogP contribution in [0.3, 0.4) is 0 Å². The Bertz CT molecular complexity index is 717. The van der Waals surface area contributed by atoms with Gasteiger partial charge < -0.3 is 9.64 Å². The lowest BCUT2D eigenvalue weighted by Crippen LogP contribution is -2.27. The molecule has 5 nitrogen and oxygen atoms in total. The normalized spacial score (nSPS) is 10.4. The van der Waals surface area contributed by atoms with Crippen LogP contribution in [0.5, 0.6) is 0 Å². The van der Waals surface area contributed by atoms with Gasteiger partial charge in [-0.1, -0.05) is 42.5 Å². The number of ether oxygens (including phenoxy) is 1. The van der Waals surface area contributed by atoms with Crippen LogP contribution in [0.2, 0.25) is 5.02 Å². The van der Waals surface area contributed by atoms with Crippen LogP contribution < -0.4 is 4.90 Å². The van der Waals surface area contributed by atoms with Crippen LogP contribution >= 0.6 is 11.6 Å². The lowest BCUT2D eigenvalue weighted by Gasteiger charge is -2.24. The van der Waals surface area contributed by atoms with Gasteiger partial charge in [0, 0.05) is 31.3 Å². The summed E-state index contributed by atoms with van der Waals surface area (Å²) in [6, 6.07) is 12.5. The Morgan fingerprint density at radius 3 is 2.58 bits per heavy atom. The summed E-state index contributed by atoms with van der Waals surface area (Å²) in [6.45, 7) is 5.19. The molecule has 0 aromatic heterocycles. The summed E-state index contributed by atoms with van der Waals surface area (Å²) in [5.74, 6) is 0. The number of hydrogen-bond acceptors (Lipinski definition) is 4. The lowest BCUT2D eigenvalue weighted by atomic mass is 10.1. The number of benzene rings is 2. The van der Waals surface area contributed by atoms with Crippen molar-refractivity contribution in [3.8, 4) is 0 Å². The zero-order valence-electron chi connectivity index (χ0n) is 13.4. The number of anilines is 1. The molecule has 126 valence electrons. The van der Waals surface area contributed by atoms with E-state index in [0.29, 0.717) is 36.0 Å². The monoisotopic (exact) mass is 346 g/mol. The molecule has 0 fully saturated rings. The summed E-state index contributed by atoms with van der Waals surface area (Å²) < 4.78 is 5.15. The van der Waals surface area contributed by atoms with Crippen molar-refractivity contribution in [2.75, 3.05) is 25.2 Å². The second kappa shape index (κ2) is 8.47. The predicted molar refractivity (Wildman–Crippen MR) is 97.6 cm³/mol. The minimum Gasteiger partial charge on any atom is -0.383 e. The molecular formula is C18H19ClN2O3. The Labute approximate surface area is 146 Å². The molecule has 0 aliphatic carbocycles. The largest absolute Gasteiger partial charge is 0.383 e. The van der Waals surface area contributed by atoms with Gasteiger partial charge in [0.05, 0.1) is 11.5 Å². The minimum absolute atomic E-state index is 0.0532. The molecule has 0 N–H and O–H groups in total. The molecule has 0 heterocycles. The zero-order chi connectivity index (χ0) is 17.5. The van der Waals surface area contributed by atoms with Gasteiger partial charge in [0.25, 0.3) is 5.69 Å². The van der Waals surface area contributed by atoms with E-state index < -0.39 is 0 Å². The topological polar surface area (TPSA) is 55.6 Å². The van der Waals surface area contributed by atoms with Crippen molar-refractivity contribution in [2.45, 2.75) is 6.54 Å². The number of nitrogens with zero attached hydrogens (tertiary/aromatic N) is 2. The quantitative estimate of drug-likeness (QED) is 0.520. The summed E-state index contributed by atoms with van der Waals surface area (Å²) in [5.41, 5.74) is 2.33. The Morgan fingerprint density at radius 1 is 1.29 bits per heavy atom. The van der Waals surface area contributed by atoms with Gasteiger partial charge in [0.15, 0.2) is 0 Å². The molecule has 0 aliphatic rings. The van der Waals surface area contributed by atoms with E-state index in [0.717, 1.165) is 5.56 Å². The minimum atomic E-state index is -0.371. The fourth-order valence-electron chi connectivity index (χ4n) is 2.38. The zero-order valence-corrected chi connectivity index (χ0v) is 14.2. The van der Waals surface area contributed by atoms with Gasteiger partial charge in [0.2, 0.25) is 0 Å². The smallest absolute Gasteiger partial charge is 0.293 e. The number of nitro benzene ring substituents is 1. The van der Waals surface area contributed by atoms with Crippen LogP contribution in [-0.2, 0) is 11.3 Å². The van der Waals surface area contributed by atoms with Gasteiger partial charge in [-0.3, -0.25) is 10.1 Å². The average Bonchev–Trinajstić information content (AvgIpc) is 2.59. The van der Waals surface area contributed by atoms with Gasteiger partial charge in [-0.05, 0) is 29.3 Å². The van der Waals surface area contributed by atoms with Crippen LogP contribution in [0.4, 0.5) is 11.4 Å². The van der Waals surface area contributed by atoms with E-state index in [-0.39, 0.29) is 10.6 Å². The van der Waals surface area contributed by atoms with Gasteiger partial charge in [-0.25, -0.2) is 0 Å². The Morgan fingerprint density at radius 2 is 2.00 bits per heavy atom. The molecule has 0 saturated heterocycles. The first-order chi connectivity index (χ1) is 11.5. The summed E-state index contributed by atoms with van der Waals surface area (Å²) in [7, 11) is 1.61. The third-order valence-electron chi connectivity index (χ3n) is 3.62. The molecule has 0 aliphatic heterocycles. The first-order valence-electron chi connectivity index (χ1n) is 7.44. The molecule has 0 bridgehead atoms. The van der Waals surface area contributed by atoms with Gasteiger partial charge in [-0.15, -0.1) is 0 Å². The molecule has 2 rings (SSSR count). The average molecular weight is 347 g/mol. The van der Waals surface area contributed by atoms with E-state index in [1.807, 2.05) is 23.1 Å². The highest BCUT2D eigenvalue weighted by molar-refractivity contribution is 6.30. The van der Waals surface area contributed by atoms with E-state index in [2.05, 4.69) is 6.58 Å². The van der Waals surface area contributed by atoms with E-state index >= 15 is 0 Å². The second-order valence-electron chi connectivity index (χ2n) is 5.25. The molecule has 0 saturated carbocycles. The number of halogens is 1. The molecule has 6 heteroatoms. The van der Waals surface area contributed by atoms with Gasteiger partial charge in [0.1, 0.15) is 5.69 Å². The summed E-state index contributed by atoms with van der Waals surface area (Å²) in [6.07, 6.45) is 1.59. The number of methoxy groups -OCH3 is 1. The number of rotatable bonds is 8. The van der Waals surface area contributed by atoms with Crippen molar-refractivity contribution in [1.82, 2.24) is 0 Å². The van der Waals surface area contributed by atoms with Crippen molar-refractivity contribution >= 4 is 29.1 Å². The van der Waals surface area contributed by atoms with Crippen LogP contribution in [0.15, 0.2) is 49.0 Å². The van der Waals surface area contributed by atoms with Crippen LogP contribution in [-0.4, -0.2) is 25.2 Å².